The van der Waals surface area contributed by atoms with Gasteiger partial charge in [0, 0.05) is 39.4 Å². The maximum Gasteiger partial charge on any atom is 0.0590 e. The zero-order chi connectivity index (χ0) is 13.8. The van der Waals surface area contributed by atoms with Crippen molar-refractivity contribution in [2.24, 2.45) is 5.92 Å². The predicted octanol–water partition coefficient (Wildman–Crippen LogP) is 1.75. The molecule has 1 N–H and O–H groups in total. The Hall–Kier alpha value is -0.160. The topological polar surface area (TPSA) is 33.7 Å². The Morgan fingerprint density at radius 2 is 2.21 bits per heavy atom. The standard InChI is InChI=1S/C15H32N2O2/c1-3-4-10-18-12-8-16-7-9-17(2)13-15-6-5-11-19-14-15/h15-16H,3-14H2,1-2H3. The van der Waals surface area contributed by atoms with Crippen molar-refractivity contribution in [3.05, 3.63) is 0 Å². The van der Waals surface area contributed by atoms with E-state index in [-0.39, 0.29) is 0 Å². The molecule has 0 saturated carbocycles. The van der Waals surface area contributed by atoms with Crippen LogP contribution in [0.4, 0.5) is 0 Å². The van der Waals surface area contributed by atoms with Gasteiger partial charge in [-0.2, -0.15) is 0 Å². The van der Waals surface area contributed by atoms with Gasteiger partial charge in [-0.1, -0.05) is 13.3 Å². The van der Waals surface area contributed by atoms with E-state index in [0.717, 1.165) is 58.5 Å². The quantitative estimate of drug-likeness (QED) is 0.581. The van der Waals surface area contributed by atoms with Crippen LogP contribution in [-0.4, -0.2) is 64.6 Å². The Morgan fingerprint density at radius 1 is 1.32 bits per heavy atom. The highest BCUT2D eigenvalue weighted by atomic mass is 16.5. The van der Waals surface area contributed by atoms with Gasteiger partial charge in [0.15, 0.2) is 0 Å². The monoisotopic (exact) mass is 272 g/mol. The number of unbranched alkanes of at least 4 members (excludes halogenated alkanes) is 1. The summed E-state index contributed by atoms with van der Waals surface area (Å²) in [4.78, 5) is 2.41. The van der Waals surface area contributed by atoms with Crippen molar-refractivity contribution in [2.45, 2.75) is 32.6 Å². The highest BCUT2D eigenvalue weighted by Gasteiger charge is 2.15. The molecule has 1 heterocycles. The molecule has 19 heavy (non-hydrogen) atoms. The van der Waals surface area contributed by atoms with E-state index in [1.165, 1.54) is 25.7 Å². The predicted molar refractivity (Wildman–Crippen MR) is 79.6 cm³/mol. The Balaban J connectivity index is 1.85. The lowest BCUT2D eigenvalue weighted by molar-refractivity contribution is 0.0421. The van der Waals surface area contributed by atoms with Crippen molar-refractivity contribution in [3.63, 3.8) is 0 Å². The number of rotatable bonds is 11. The van der Waals surface area contributed by atoms with Gasteiger partial charge in [-0.15, -0.1) is 0 Å². The SMILES string of the molecule is CCCCOCCNCCN(C)CC1CCCOC1. The summed E-state index contributed by atoms with van der Waals surface area (Å²) in [6.45, 7) is 10.1. The molecule has 0 aromatic carbocycles. The van der Waals surface area contributed by atoms with Gasteiger partial charge in [0.2, 0.25) is 0 Å². The number of nitrogens with zero attached hydrogens (tertiary/aromatic N) is 1. The van der Waals surface area contributed by atoms with Crippen LogP contribution in [0.5, 0.6) is 0 Å². The Bertz CT molecular complexity index is 197. The molecule has 4 heteroatoms. The summed E-state index contributed by atoms with van der Waals surface area (Å²) in [6.07, 6.45) is 4.93. The first-order valence-electron chi connectivity index (χ1n) is 7.87. The molecule has 0 spiro atoms. The third-order valence-corrected chi connectivity index (χ3v) is 3.56. The second-order valence-corrected chi connectivity index (χ2v) is 5.56. The van der Waals surface area contributed by atoms with Gasteiger partial charge in [0.25, 0.3) is 0 Å². The average molecular weight is 272 g/mol. The zero-order valence-corrected chi connectivity index (χ0v) is 12.8. The maximum absolute atomic E-state index is 5.51. The second-order valence-electron chi connectivity index (χ2n) is 5.56. The van der Waals surface area contributed by atoms with Crippen LogP contribution in [0, 0.1) is 5.92 Å². The van der Waals surface area contributed by atoms with Crippen molar-refractivity contribution >= 4 is 0 Å². The molecule has 114 valence electrons. The van der Waals surface area contributed by atoms with Gasteiger partial charge >= 0.3 is 0 Å². The lowest BCUT2D eigenvalue weighted by atomic mass is 10.0. The molecule has 1 aliphatic rings. The zero-order valence-electron chi connectivity index (χ0n) is 12.8. The van der Waals surface area contributed by atoms with Gasteiger partial charge in [-0.3, -0.25) is 0 Å². The summed E-state index contributed by atoms with van der Waals surface area (Å²) in [5, 5.41) is 3.43. The van der Waals surface area contributed by atoms with Crippen LogP contribution in [0.2, 0.25) is 0 Å². The molecule has 0 aromatic heterocycles. The van der Waals surface area contributed by atoms with E-state index in [9.17, 15) is 0 Å². The van der Waals surface area contributed by atoms with Crippen molar-refractivity contribution in [2.75, 3.05) is 59.7 Å². The Morgan fingerprint density at radius 3 is 2.95 bits per heavy atom. The summed E-state index contributed by atoms with van der Waals surface area (Å²) in [6, 6.07) is 0. The van der Waals surface area contributed by atoms with Crippen LogP contribution in [-0.2, 0) is 9.47 Å². The Kier molecular flexibility index (Phi) is 10.4. The van der Waals surface area contributed by atoms with E-state index in [1.807, 2.05) is 0 Å². The normalized spacial score (nSPS) is 20.1. The smallest absolute Gasteiger partial charge is 0.0590 e. The van der Waals surface area contributed by atoms with Gasteiger partial charge in [-0.05, 0) is 32.2 Å². The van der Waals surface area contributed by atoms with Crippen molar-refractivity contribution in [1.29, 1.82) is 0 Å². The highest BCUT2D eigenvalue weighted by molar-refractivity contribution is 4.67. The largest absolute Gasteiger partial charge is 0.381 e. The highest BCUT2D eigenvalue weighted by Crippen LogP contribution is 2.13. The van der Waals surface area contributed by atoms with E-state index >= 15 is 0 Å². The summed E-state index contributed by atoms with van der Waals surface area (Å²) in [7, 11) is 2.20. The van der Waals surface area contributed by atoms with Gasteiger partial charge < -0.3 is 19.7 Å². The van der Waals surface area contributed by atoms with E-state index in [0.29, 0.717) is 0 Å². The molecular weight excluding hydrogens is 240 g/mol. The van der Waals surface area contributed by atoms with E-state index in [2.05, 4.69) is 24.2 Å². The molecule has 1 atom stereocenters. The summed E-state index contributed by atoms with van der Waals surface area (Å²) in [5.41, 5.74) is 0. The molecule has 1 rings (SSSR count). The fourth-order valence-corrected chi connectivity index (χ4v) is 2.37. The van der Waals surface area contributed by atoms with Crippen molar-refractivity contribution in [1.82, 2.24) is 10.2 Å². The molecule has 1 fully saturated rings. The van der Waals surface area contributed by atoms with E-state index in [1.54, 1.807) is 0 Å². The third kappa shape index (κ3) is 9.38. The summed E-state index contributed by atoms with van der Waals surface area (Å²) >= 11 is 0. The lowest BCUT2D eigenvalue weighted by Gasteiger charge is -2.27. The van der Waals surface area contributed by atoms with Crippen LogP contribution >= 0.6 is 0 Å². The average Bonchev–Trinajstić information content (AvgIpc) is 2.43. The second kappa shape index (κ2) is 11.6. The van der Waals surface area contributed by atoms with Gasteiger partial charge in [0.05, 0.1) is 13.2 Å². The first-order chi connectivity index (χ1) is 9.33. The summed E-state index contributed by atoms with van der Waals surface area (Å²) in [5.74, 6) is 0.733. The number of nitrogens with one attached hydrogen (secondary N) is 1. The lowest BCUT2D eigenvalue weighted by Crippen LogP contribution is -2.36. The number of likely N-dealkylation sites (N-methyl/N-ethyl adjacent to an activating group) is 1. The minimum absolute atomic E-state index is 0.733. The van der Waals surface area contributed by atoms with Crippen LogP contribution in [0.25, 0.3) is 0 Å². The van der Waals surface area contributed by atoms with E-state index in [4.69, 9.17) is 9.47 Å². The first kappa shape index (κ1) is 16.9. The molecule has 1 saturated heterocycles. The van der Waals surface area contributed by atoms with Crippen LogP contribution in [0.3, 0.4) is 0 Å². The summed E-state index contributed by atoms with van der Waals surface area (Å²) < 4.78 is 11.0. The minimum Gasteiger partial charge on any atom is -0.381 e. The third-order valence-electron chi connectivity index (χ3n) is 3.56. The van der Waals surface area contributed by atoms with Crippen molar-refractivity contribution in [3.8, 4) is 0 Å². The molecule has 4 nitrogen and oxygen atoms in total. The first-order valence-corrected chi connectivity index (χ1v) is 7.87. The maximum atomic E-state index is 5.51. The van der Waals surface area contributed by atoms with Crippen molar-refractivity contribution < 1.29 is 9.47 Å². The fraction of sp³-hybridized carbons (Fsp3) is 1.00. The molecule has 0 aromatic rings. The van der Waals surface area contributed by atoms with Crippen LogP contribution in [0.15, 0.2) is 0 Å². The van der Waals surface area contributed by atoms with Gasteiger partial charge in [-0.25, -0.2) is 0 Å². The number of ether oxygens (including phenoxy) is 2. The molecule has 0 aliphatic carbocycles. The number of hydrogen-bond donors (Lipinski definition) is 1. The van der Waals surface area contributed by atoms with Gasteiger partial charge in [0.1, 0.15) is 0 Å². The number of hydrogen-bond acceptors (Lipinski definition) is 4. The molecule has 0 radical (unpaired) electrons. The molecule has 0 amide bonds. The Labute approximate surface area is 118 Å². The molecule has 1 aliphatic heterocycles. The van der Waals surface area contributed by atoms with E-state index < -0.39 is 0 Å². The molecule has 1 unspecified atom stereocenters. The molecule has 0 bridgehead atoms. The fourth-order valence-electron chi connectivity index (χ4n) is 2.37. The minimum atomic E-state index is 0.733. The molecular formula is C15H32N2O2. The van der Waals surface area contributed by atoms with Crippen LogP contribution < -0.4 is 5.32 Å². The van der Waals surface area contributed by atoms with Crippen LogP contribution in [0.1, 0.15) is 32.6 Å².